The highest BCUT2D eigenvalue weighted by molar-refractivity contribution is 8.14. The number of hydrogen-bond acceptors (Lipinski definition) is 6. The van der Waals surface area contributed by atoms with Crippen molar-refractivity contribution in [2.24, 2.45) is 10.4 Å². The Morgan fingerprint density at radius 1 is 1.30 bits per heavy atom. The molecular formula is C23H23FN4OS. The van der Waals surface area contributed by atoms with Crippen molar-refractivity contribution in [3.05, 3.63) is 78.7 Å². The number of aliphatic imine (C=N–C) groups is 1. The largest absolute Gasteiger partial charge is 0.476 e. The van der Waals surface area contributed by atoms with Gasteiger partial charge >= 0.3 is 0 Å². The molecular weight excluding hydrogens is 399 g/mol. The van der Waals surface area contributed by atoms with Crippen LogP contribution in [0.1, 0.15) is 19.4 Å². The fourth-order valence-corrected chi connectivity index (χ4v) is 3.57. The first-order chi connectivity index (χ1) is 14.4. The van der Waals surface area contributed by atoms with Crippen LogP contribution in [-0.2, 0) is 6.42 Å². The van der Waals surface area contributed by atoms with E-state index in [1.165, 1.54) is 6.07 Å². The van der Waals surface area contributed by atoms with Crippen molar-refractivity contribution >= 4 is 22.5 Å². The lowest BCUT2D eigenvalue weighted by Crippen LogP contribution is -2.23. The summed E-state index contributed by atoms with van der Waals surface area (Å²) in [6.07, 6.45) is 5.99. The quantitative estimate of drug-likeness (QED) is 0.604. The van der Waals surface area contributed by atoms with Gasteiger partial charge in [0.2, 0.25) is 5.88 Å². The summed E-state index contributed by atoms with van der Waals surface area (Å²) in [5.74, 6) is 1.01. The first-order valence-corrected chi connectivity index (χ1v) is 10.5. The fraction of sp³-hybridized carbons (Fsp3) is 0.261. The van der Waals surface area contributed by atoms with E-state index >= 15 is 0 Å². The average Bonchev–Trinajstić information content (AvgIpc) is 2.74. The van der Waals surface area contributed by atoms with Gasteiger partial charge in [-0.15, -0.1) is 11.8 Å². The van der Waals surface area contributed by atoms with E-state index in [-0.39, 0.29) is 12.4 Å². The number of halogens is 1. The molecule has 0 N–H and O–H groups in total. The van der Waals surface area contributed by atoms with Crippen LogP contribution in [0.5, 0.6) is 5.88 Å². The van der Waals surface area contributed by atoms with Crippen molar-refractivity contribution in [2.45, 2.75) is 20.3 Å². The third-order valence-corrected chi connectivity index (χ3v) is 5.37. The first kappa shape index (κ1) is 21.6. The minimum absolute atomic E-state index is 0.220. The molecule has 0 bridgehead atoms. The summed E-state index contributed by atoms with van der Waals surface area (Å²) in [7, 11) is 0. The second-order valence-electron chi connectivity index (χ2n) is 7.42. The van der Waals surface area contributed by atoms with Crippen LogP contribution in [0.2, 0.25) is 0 Å². The number of anilines is 1. The highest BCUT2D eigenvalue weighted by Crippen LogP contribution is 2.27. The Morgan fingerprint density at radius 3 is 2.83 bits per heavy atom. The minimum atomic E-state index is -0.571. The summed E-state index contributed by atoms with van der Waals surface area (Å²) in [6, 6.07) is 12.5. The zero-order valence-corrected chi connectivity index (χ0v) is 17.8. The predicted molar refractivity (Wildman–Crippen MR) is 120 cm³/mol. The van der Waals surface area contributed by atoms with Gasteiger partial charge < -0.3 is 9.64 Å². The number of aryl methyl sites for hydroxylation is 1. The van der Waals surface area contributed by atoms with Gasteiger partial charge in [-0.3, -0.25) is 0 Å². The second-order valence-corrected chi connectivity index (χ2v) is 8.50. The van der Waals surface area contributed by atoms with Gasteiger partial charge in [0, 0.05) is 24.2 Å². The van der Waals surface area contributed by atoms with Crippen LogP contribution in [0.15, 0.2) is 72.3 Å². The number of aromatic nitrogens is 1. The molecule has 7 heteroatoms. The van der Waals surface area contributed by atoms with E-state index in [2.05, 4.69) is 22.6 Å². The van der Waals surface area contributed by atoms with E-state index in [1.807, 2.05) is 37.1 Å². The number of hydrogen-bond donors (Lipinski definition) is 0. The van der Waals surface area contributed by atoms with E-state index in [0.717, 1.165) is 34.2 Å². The molecule has 1 aromatic heterocycles. The van der Waals surface area contributed by atoms with E-state index in [4.69, 9.17) is 10.00 Å². The lowest BCUT2D eigenvalue weighted by Gasteiger charge is -2.25. The average molecular weight is 423 g/mol. The standard InChI is InChI=1S/C23H23FN4OS/c1-17-22(30-12-9-18-5-4-6-19(24)13-18)26-10-11-28(17)20-7-8-21(27-14-20)29-16-23(2,3)15-25/h4-8,10-11,13-14H,1,9,12,16H2,2-3H3. The molecule has 3 rings (SSSR count). The molecule has 0 unspecified atom stereocenters. The van der Waals surface area contributed by atoms with Crippen LogP contribution in [0.4, 0.5) is 10.1 Å². The Balaban J connectivity index is 1.57. The number of pyridine rings is 1. The van der Waals surface area contributed by atoms with Gasteiger partial charge in [-0.25, -0.2) is 14.4 Å². The molecule has 0 saturated heterocycles. The van der Waals surface area contributed by atoms with Gasteiger partial charge in [-0.05, 0) is 44.0 Å². The van der Waals surface area contributed by atoms with Gasteiger partial charge in [0.15, 0.2) is 0 Å². The number of thioether (sulfide) groups is 1. The van der Waals surface area contributed by atoms with Crippen LogP contribution < -0.4 is 9.64 Å². The Labute approximate surface area is 180 Å². The highest BCUT2D eigenvalue weighted by atomic mass is 32.2. The molecule has 154 valence electrons. The summed E-state index contributed by atoms with van der Waals surface area (Å²) in [4.78, 5) is 10.7. The zero-order valence-electron chi connectivity index (χ0n) is 17.0. The zero-order chi connectivity index (χ0) is 21.6. The van der Waals surface area contributed by atoms with Gasteiger partial charge in [0.1, 0.15) is 17.5 Å². The summed E-state index contributed by atoms with van der Waals surface area (Å²) in [6.45, 7) is 8.06. The van der Waals surface area contributed by atoms with E-state index in [1.54, 1.807) is 42.4 Å². The normalized spacial score (nSPS) is 13.7. The van der Waals surface area contributed by atoms with Crippen molar-refractivity contribution < 1.29 is 9.13 Å². The van der Waals surface area contributed by atoms with Crippen molar-refractivity contribution in [3.63, 3.8) is 0 Å². The summed E-state index contributed by atoms with van der Waals surface area (Å²) in [5.41, 5.74) is 1.97. The molecule has 30 heavy (non-hydrogen) atoms. The van der Waals surface area contributed by atoms with Crippen molar-refractivity contribution in [3.8, 4) is 11.9 Å². The Bertz CT molecular complexity index is 1010. The predicted octanol–water partition coefficient (Wildman–Crippen LogP) is 5.33. The van der Waals surface area contributed by atoms with Crippen molar-refractivity contribution in [1.29, 1.82) is 5.26 Å². The number of benzene rings is 1. The van der Waals surface area contributed by atoms with E-state index in [0.29, 0.717) is 5.88 Å². The third kappa shape index (κ3) is 5.71. The molecule has 1 aliphatic rings. The molecule has 0 radical (unpaired) electrons. The molecule has 1 aliphatic heterocycles. The van der Waals surface area contributed by atoms with Crippen LogP contribution in [0.3, 0.4) is 0 Å². The summed E-state index contributed by atoms with van der Waals surface area (Å²) >= 11 is 1.58. The maximum Gasteiger partial charge on any atom is 0.213 e. The second kappa shape index (κ2) is 9.59. The van der Waals surface area contributed by atoms with Gasteiger partial charge in [0.05, 0.1) is 29.1 Å². The molecule has 0 aliphatic carbocycles. The van der Waals surface area contributed by atoms with Crippen LogP contribution in [0.25, 0.3) is 0 Å². The molecule has 1 aromatic carbocycles. The van der Waals surface area contributed by atoms with Gasteiger partial charge in [-0.1, -0.05) is 18.7 Å². The third-order valence-electron chi connectivity index (χ3n) is 4.35. The molecule has 5 nitrogen and oxygen atoms in total. The Kier molecular flexibility index (Phi) is 6.91. The lowest BCUT2D eigenvalue weighted by molar-refractivity contribution is 0.219. The van der Waals surface area contributed by atoms with Gasteiger partial charge in [-0.2, -0.15) is 5.26 Å². The van der Waals surface area contributed by atoms with Gasteiger partial charge in [0.25, 0.3) is 0 Å². The van der Waals surface area contributed by atoms with E-state index in [9.17, 15) is 4.39 Å². The molecule has 2 heterocycles. The molecule has 0 saturated carbocycles. The number of ether oxygens (including phenoxy) is 1. The maximum atomic E-state index is 13.3. The molecule has 0 fully saturated rings. The van der Waals surface area contributed by atoms with E-state index < -0.39 is 5.41 Å². The lowest BCUT2D eigenvalue weighted by atomic mass is 9.98. The Morgan fingerprint density at radius 2 is 2.13 bits per heavy atom. The molecule has 0 amide bonds. The maximum absolute atomic E-state index is 13.3. The van der Waals surface area contributed by atoms with Crippen molar-refractivity contribution in [2.75, 3.05) is 17.3 Å². The topological polar surface area (TPSA) is 61.5 Å². The molecule has 0 spiro atoms. The minimum Gasteiger partial charge on any atom is -0.476 e. The molecule has 0 atom stereocenters. The summed E-state index contributed by atoms with van der Waals surface area (Å²) < 4.78 is 18.9. The van der Waals surface area contributed by atoms with Crippen molar-refractivity contribution in [1.82, 2.24) is 4.98 Å². The van der Waals surface area contributed by atoms with Crippen LogP contribution in [0, 0.1) is 22.6 Å². The first-order valence-electron chi connectivity index (χ1n) is 9.48. The number of nitrogens with zero attached hydrogens (tertiary/aromatic N) is 4. The SMILES string of the molecule is C=C1C(SCCc2cccc(F)c2)=NC=CN1c1ccc(OCC(C)(C)C#N)nc1. The van der Waals surface area contributed by atoms with Crippen LogP contribution in [-0.4, -0.2) is 22.4 Å². The highest BCUT2D eigenvalue weighted by Gasteiger charge is 2.19. The molecule has 2 aromatic rings. The monoisotopic (exact) mass is 422 g/mol. The smallest absolute Gasteiger partial charge is 0.213 e. The number of nitriles is 1. The fourth-order valence-electron chi connectivity index (χ4n) is 2.64. The Hall–Kier alpha value is -3.11. The van der Waals surface area contributed by atoms with Crippen LogP contribution >= 0.6 is 11.8 Å². The summed E-state index contributed by atoms with van der Waals surface area (Å²) in [5, 5.41) is 9.88. The number of rotatable bonds is 7.